The van der Waals surface area contributed by atoms with Gasteiger partial charge in [-0.1, -0.05) is 11.6 Å². The lowest BCUT2D eigenvalue weighted by molar-refractivity contribution is 0.178. The molecule has 0 bridgehead atoms. The van der Waals surface area contributed by atoms with Gasteiger partial charge in [0.15, 0.2) is 0 Å². The second-order valence-electron chi connectivity index (χ2n) is 4.66. The van der Waals surface area contributed by atoms with Crippen LogP contribution in [0, 0.1) is 0 Å². The highest BCUT2D eigenvalue weighted by molar-refractivity contribution is 6.31. The van der Waals surface area contributed by atoms with Crippen LogP contribution in [-0.4, -0.2) is 58.4 Å². The zero-order chi connectivity index (χ0) is 19.6. The number of carbonyl (C=O) groups excluding carboxylic acids is 2. The number of amides is 2. The quantitative estimate of drug-likeness (QED) is 0.536. The number of halogens is 3. The molecule has 0 unspecified atom stereocenters. The maximum atomic E-state index is 11.1. The minimum atomic E-state index is -0.394. The zero-order valence-corrected chi connectivity index (χ0v) is 15.9. The first-order chi connectivity index (χ1) is 13.0. The Labute approximate surface area is 168 Å². The second kappa shape index (κ2) is 10.7. The summed E-state index contributed by atoms with van der Waals surface area (Å²) in [5.41, 5.74) is 0. The van der Waals surface area contributed by atoms with Gasteiger partial charge in [-0.2, -0.15) is 0 Å². The summed E-state index contributed by atoms with van der Waals surface area (Å²) >= 11 is 16.3. The molecular formula is C14H13Cl3N6O4. The van der Waals surface area contributed by atoms with Crippen LogP contribution in [0.5, 0.6) is 0 Å². The maximum Gasteiger partial charge on any atom is 0.415 e. The van der Waals surface area contributed by atoms with Gasteiger partial charge in [-0.05, 0) is 35.3 Å². The minimum Gasteiger partial charge on any atom is -0.448 e. The Bertz CT molecular complexity index is 772. The Kier molecular flexibility index (Phi) is 8.24. The lowest BCUT2D eigenvalue weighted by atomic mass is 10.5. The van der Waals surface area contributed by atoms with Crippen LogP contribution in [-0.2, 0) is 9.47 Å². The molecule has 10 nitrogen and oxygen atoms in total. The van der Waals surface area contributed by atoms with Crippen LogP contribution in [0.4, 0.5) is 15.4 Å². The monoisotopic (exact) mass is 434 g/mol. The van der Waals surface area contributed by atoms with Crippen LogP contribution < -0.4 is 10.2 Å². The molecule has 2 fully saturated rings. The molecule has 0 atom stereocenters. The number of alkyl carbamates (subject to hydrolysis) is 1. The summed E-state index contributed by atoms with van der Waals surface area (Å²) in [6.45, 7) is 2.09. The second-order valence-corrected chi connectivity index (χ2v) is 5.72. The van der Waals surface area contributed by atoms with E-state index in [0.29, 0.717) is 37.3 Å². The minimum absolute atomic E-state index is 0.122. The van der Waals surface area contributed by atoms with Gasteiger partial charge in [0.1, 0.15) is 24.2 Å². The summed E-state index contributed by atoms with van der Waals surface area (Å²) in [4.78, 5) is 37.2. The van der Waals surface area contributed by atoms with Gasteiger partial charge in [-0.15, -0.1) is 0 Å². The summed E-state index contributed by atoms with van der Waals surface area (Å²) in [7, 11) is 0. The standard InChI is InChI=1S/C7H6ClN3O2.C4H2Cl2N2.C3H5NO2/c8-6-9-2-1-5(10-6)11-3-4-13-7(11)12;5-3-1-2-7-4(6)8-3;5-3-4-1-2-6-3/h1-2H,3-4H2;1-2H;1-2H2,(H,4,5). The Morgan fingerprint density at radius 2 is 1.67 bits per heavy atom. The van der Waals surface area contributed by atoms with Gasteiger partial charge in [-0.25, -0.2) is 29.5 Å². The molecule has 144 valence electrons. The number of carbonyl (C=O) groups is 2. The fraction of sp³-hybridized carbons (Fsp3) is 0.286. The molecule has 2 aliphatic heterocycles. The van der Waals surface area contributed by atoms with E-state index in [0.717, 1.165) is 0 Å². The molecule has 0 spiro atoms. The van der Waals surface area contributed by atoms with Crippen LogP contribution in [0.15, 0.2) is 24.5 Å². The summed E-state index contributed by atoms with van der Waals surface area (Å²) in [5.74, 6) is 0.475. The van der Waals surface area contributed by atoms with Gasteiger partial charge in [0, 0.05) is 12.4 Å². The van der Waals surface area contributed by atoms with E-state index in [2.05, 4.69) is 30.0 Å². The van der Waals surface area contributed by atoms with Crippen LogP contribution in [0.1, 0.15) is 0 Å². The Balaban J connectivity index is 0.000000159. The van der Waals surface area contributed by atoms with Crippen LogP contribution >= 0.6 is 34.8 Å². The van der Waals surface area contributed by atoms with Crippen molar-refractivity contribution in [2.45, 2.75) is 0 Å². The number of nitrogens with one attached hydrogen (secondary N) is 1. The average Bonchev–Trinajstić information content (AvgIpc) is 3.27. The normalized spacial score (nSPS) is 14.9. The highest BCUT2D eigenvalue weighted by atomic mass is 35.5. The van der Waals surface area contributed by atoms with Crippen molar-refractivity contribution in [2.75, 3.05) is 31.2 Å². The van der Waals surface area contributed by atoms with E-state index in [9.17, 15) is 9.59 Å². The molecule has 0 saturated carbocycles. The van der Waals surface area contributed by atoms with Crippen molar-refractivity contribution in [3.8, 4) is 0 Å². The predicted molar refractivity (Wildman–Crippen MR) is 97.1 cm³/mol. The van der Waals surface area contributed by atoms with Gasteiger partial charge >= 0.3 is 12.2 Å². The smallest absolute Gasteiger partial charge is 0.415 e. The average molecular weight is 436 g/mol. The van der Waals surface area contributed by atoms with E-state index in [-0.39, 0.29) is 16.7 Å². The van der Waals surface area contributed by atoms with E-state index < -0.39 is 6.09 Å². The SMILES string of the molecule is Clc1ccnc(Cl)n1.O=C1NCCO1.O=C1OCCN1c1ccnc(Cl)n1. The van der Waals surface area contributed by atoms with E-state index in [1.54, 1.807) is 12.1 Å². The number of anilines is 1. The third-order valence-electron chi connectivity index (χ3n) is 2.85. The molecular weight excluding hydrogens is 423 g/mol. The fourth-order valence-electron chi connectivity index (χ4n) is 1.74. The van der Waals surface area contributed by atoms with Crippen molar-refractivity contribution in [3.63, 3.8) is 0 Å². The molecule has 2 aromatic heterocycles. The van der Waals surface area contributed by atoms with E-state index in [4.69, 9.17) is 39.5 Å². The van der Waals surface area contributed by atoms with Gasteiger partial charge in [0.25, 0.3) is 0 Å². The number of ether oxygens (including phenoxy) is 2. The number of rotatable bonds is 1. The summed E-state index contributed by atoms with van der Waals surface area (Å²) in [6, 6.07) is 3.17. The molecule has 2 saturated heterocycles. The first kappa shape index (κ1) is 20.9. The molecule has 2 amide bonds. The Morgan fingerprint density at radius 3 is 2.07 bits per heavy atom. The van der Waals surface area contributed by atoms with Crippen LogP contribution in [0.2, 0.25) is 15.7 Å². The third kappa shape index (κ3) is 7.37. The summed E-state index contributed by atoms with van der Waals surface area (Å²) < 4.78 is 9.15. The predicted octanol–water partition coefficient (Wildman–Crippen LogP) is 2.60. The molecule has 4 heterocycles. The van der Waals surface area contributed by atoms with Crippen molar-refractivity contribution < 1.29 is 19.1 Å². The van der Waals surface area contributed by atoms with E-state index in [1.165, 1.54) is 17.3 Å². The zero-order valence-electron chi connectivity index (χ0n) is 13.6. The van der Waals surface area contributed by atoms with Crippen molar-refractivity contribution in [2.24, 2.45) is 0 Å². The number of hydrogen-bond donors (Lipinski definition) is 1. The summed E-state index contributed by atoms with van der Waals surface area (Å²) in [5, 5.41) is 3.12. The third-order valence-corrected chi connectivity index (χ3v) is 3.42. The van der Waals surface area contributed by atoms with Gasteiger partial charge in [0.2, 0.25) is 10.6 Å². The van der Waals surface area contributed by atoms with Crippen LogP contribution in [0.3, 0.4) is 0 Å². The van der Waals surface area contributed by atoms with Crippen LogP contribution in [0.25, 0.3) is 0 Å². The van der Waals surface area contributed by atoms with Crippen molar-refractivity contribution in [3.05, 3.63) is 40.2 Å². The lowest BCUT2D eigenvalue weighted by Crippen LogP contribution is -2.24. The molecule has 27 heavy (non-hydrogen) atoms. The first-order valence-corrected chi connectivity index (χ1v) is 8.56. The number of hydrogen-bond acceptors (Lipinski definition) is 8. The number of nitrogens with zero attached hydrogens (tertiary/aromatic N) is 5. The van der Waals surface area contributed by atoms with Gasteiger partial charge in [-0.3, -0.25) is 4.90 Å². The van der Waals surface area contributed by atoms with E-state index in [1.807, 2.05) is 0 Å². The summed E-state index contributed by atoms with van der Waals surface area (Å²) in [6.07, 6.45) is 2.30. The van der Waals surface area contributed by atoms with Crippen molar-refractivity contribution in [1.82, 2.24) is 25.3 Å². The molecule has 0 aliphatic carbocycles. The van der Waals surface area contributed by atoms with Crippen molar-refractivity contribution >= 4 is 52.8 Å². The molecule has 0 radical (unpaired) electrons. The topological polar surface area (TPSA) is 119 Å². The molecule has 13 heteroatoms. The highest BCUT2D eigenvalue weighted by Gasteiger charge is 2.24. The molecule has 1 N–H and O–H groups in total. The number of cyclic esters (lactones) is 2. The largest absolute Gasteiger partial charge is 0.448 e. The Hall–Kier alpha value is -2.43. The molecule has 2 aliphatic rings. The fourth-order valence-corrected chi connectivity index (χ4v) is 2.21. The Morgan fingerprint density at radius 1 is 0.963 bits per heavy atom. The molecule has 4 rings (SSSR count). The maximum absolute atomic E-state index is 11.1. The first-order valence-electron chi connectivity index (χ1n) is 7.43. The van der Waals surface area contributed by atoms with E-state index >= 15 is 0 Å². The molecule has 2 aromatic rings. The van der Waals surface area contributed by atoms with Crippen molar-refractivity contribution in [1.29, 1.82) is 0 Å². The lowest BCUT2D eigenvalue weighted by Gasteiger charge is -2.10. The number of aromatic nitrogens is 4. The molecule has 0 aromatic carbocycles. The van der Waals surface area contributed by atoms with Gasteiger partial charge in [0.05, 0.1) is 13.1 Å². The highest BCUT2D eigenvalue weighted by Crippen LogP contribution is 2.16. The van der Waals surface area contributed by atoms with Gasteiger partial charge < -0.3 is 14.8 Å².